The molecule has 2 N–H and O–H groups in total. The zero-order valence-corrected chi connectivity index (χ0v) is 19.8. The average Bonchev–Trinajstić information content (AvgIpc) is 3.52. The van der Waals surface area contributed by atoms with Gasteiger partial charge in [-0.1, -0.05) is 49.6 Å². The first-order valence-corrected chi connectivity index (χ1v) is 12.3. The minimum atomic E-state index is -0.493. The number of carbonyl (C=O) groups is 2. The SMILES string of the molecule is CN[C@@H](C)C(=O)N[C@H](C(=O)N1CCC[C@H]1c1nc(Cc2ccccc2)co1)C1CCCCC1. The lowest BCUT2D eigenvalue weighted by Crippen LogP contribution is -2.55. The van der Waals surface area contributed by atoms with E-state index in [1.165, 1.54) is 12.0 Å². The summed E-state index contributed by atoms with van der Waals surface area (Å²) in [6, 6.07) is 9.17. The van der Waals surface area contributed by atoms with Crippen LogP contribution < -0.4 is 10.6 Å². The average molecular weight is 453 g/mol. The number of hydrogen-bond donors (Lipinski definition) is 2. The summed E-state index contributed by atoms with van der Waals surface area (Å²) >= 11 is 0. The summed E-state index contributed by atoms with van der Waals surface area (Å²) in [7, 11) is 1.76. The molecule has 7 heteroatoms. The van der Waals surface area contributed by atoms with Crippen molar-refractivity contribution < 1.29 is 14.0 Å². The number of nitrogens with zero attached hydrogens (tertiary/aromatic N) is 2. The second-order valence-electron chi connectivity index (χ2n) is 9.42. The molecule has 33 heavy (non-hydrogen) atoms. The zero-order valence-electron chi connectivity index (χ0n) is 19.8. The van der Waals surface area contributed by atoms with Gasteiger partial charge in [-0.05, 0) is 51.1 Å². The number of amides is 2. The van der Waals surface area contributed by atoms with Crippen molar-refractivity contribution in [1.29, 1.82) is 0 Å². The van der Waals surface area contributed by atoms with E-state index >= 15 is 0 Å². The Balaban J connectivity index is 1.50. The second-order valence-corrected chi connectivity index (χ2v) is 9.42. The fourth-order valence-corrected chi connectivity index (χ4v) is 5.09. The van der Waals surface area contributed by atoms with Gasteiger partial charge in [0.15, 0.2) is 0 Å². The van der Waals surface area contributed by atoms with Crippen LogP contribution in [0, 0.1) is 5.92 Å². The Morgan fingerprint density at radius 3 is 2.61 bits per heavy atom. The third kappa shape index (κ3) is 5.64. The summed E-state index contributed by atoms with van der Waals surface area (Å²) in [6.45, 7) is 2.48. The molecule has 1 aliphatic carbocycles. The van der Waals surface area contributed by atoms with Crippen LogP contribution in [0.1, 0.15) is 75.1 Å². The molecule has 2 heterocycles. The van der Waals surface area contributed by atoms with E-state index in [2.05, 4.69) is 22.8 Å². The molecule has 2 aliphatic rings. The van der Waals surface area contributed by atoms with Gasteiger partial charge in [-0.3, -0.25) is 9.59 Å². The summed E-state index contributed by atoms with van der Waals surface area (Å²) in [5.41, 5.74) is 2.05. The van der Waals surface area contributed by atoms with Gasteiger partial charge in [-0.2, -0.15) is 0 Å². The number of aromatic nitrogens is 1. The highest BCUT2D eigenvalue weighted by atomic mass is 16.3. The number of carbonyl (C=O) groups excluding carboxylic acids is 2. The molecule has 1 saturated carbocycles. The van der Waals surface area contributed by atoms with Gasteiger partial charge in [0.25, 0.3) is 0 Å². The Morgan fingerprint density at radius 2 is 1.88 bits per heavy atom. The maximum absolute atomic E-state index is 13.8. The van der Waals surface area contributed by atoms with E-state index in [0.29, 0.717) is 18.9 Å². The number of likely N-dealkylation sites (N-methyl/N-ethyl adjacent to an activating group) is 1. The molecule has 2 amide bonds. The molecule has 2 fully saturated rings. The quantitative estimate of drug-likeness (QED) is 0.639. The van der Waals surface area contributed by atoms with Gasteiger partial charge in [-0.25, -0.2) is 4.98 Å². The van der Waals surface area contributed by atoms with E-state index in [1.54, 1.807) is 13.3 Å². The highest BCUT2D eigenvalue weighted by Crippen LogP contribution is 2.35. The normalized spacial score (nSPS) is 21.0. The zero-order chi connectivity index (χ0) is 23.2. The lowest BCUT2D eigenvalue weighted by atomic mass is 9.83. The number of oxazole rings is 1. The minimum Gasteiger partial charge on any atom is -0.446 e. The largest absolute Gasteiger partial charge is 0.446 e. The van der Waals surface area contributed by atoms with E-state index in [4.69, 9.17) is 9.40 Å². The molecule has 3 atom stereocenters. The van der Waals surface area contributed by atoms with E-state index in [9.17, 15) is 9.59 Å². The molecule has 1 saturated heterocycles. The van der Waals surface area contributed by atoms with Crippen molar-refractivity contribution in [3.05, 3.63) is 53.7 Å². The standard InChI is InChI=1S/C26H36N4O3/c1-18(27-2)24(31)29-23(20-12-7-4-8-13-20)26(32)30-15-9-14-22(30)25-28-21(17-33-25)16-19-10-5-3-6-11-19/h3,5-6,10-11,17-18,20,22-23,27H,4,7-9,12-16H2,1-2H3,(H,29,31)/t18-,22-,23-/m0/s1. The molecule has 4 rings (SSSR count). The predicted molar refractivity (Wildman–Crippen MR) is 126 cm³/mol. The molecule has 7 nitrogen and oxygen atoms in total. The summed E-state index contributed by atoms with van der Waals surface area (Å²) in [5, 5.41) is 6.06. The topological polar surface area (TPSA) is 87.5 Å². The first-order valence-electron chi connectivity index (χ1n) is 12.3. The summed E-state index contributed by atoms with van der Waals surface area (Å²) in [5.74, 6) is 0.658. The van der Waals surface area contributed by atoms with Crippen molar-refractivity contribution in [3.63, 3.8) is 0 Å². The molecule has 1 aromatic heterocycles. The van der Waals surface area contributed by atoms with Gasteiger partial charge in [0.2, 0.25) is 17.7 Å². The fourth-order valence-electron chi connectivity index (χ4n) is 5.09. The van der Waals surface area contributed by atoms with Crippen LogP contribution in [0.15, 0.2) is 41.0 Å². The van der Waals surface area contributed by atoms with E-state index in [1.807, 2.05) is 30.0 Å². The van der Waals surface area contributed by atoms with Crippen molar-refractivity contribution in [2.75, 3.05) is 13.6 Å². The first-order chi connectivity index (χ1) is 16.1. The van der Waals surface area contributed by atoms with Gasteiger partial charge >= 0.3 is 0 Å². The molecule has 1 aromatic carbocycles. The minimum absolute atomic E-state index is 0.00358. The molecule has 0 spiro atoms. The Labute approximate surface area is 196 Å². The first kappa shape index (κ1) is 23.5. The second kappa shape index (κ2) is 11.0. The molecule has 178 valence electrons. The van der Waals surface area contributed by atoms with E-state index < -0.39 is 6.04 Å². The highest BCUT2D eigenvalue weighted by molar-refractivity contribution is 5.90. The van der Waals surface area contributed by atoms with Crippen LogP contribution in [0.3, 0.4) is 0 Å². The van der Waals surface area contributed by atoms with Gasteiger partial charge in [0.1, 0.15) is 18.3 Å². The van der Waals surface area contributed by atoms with Crippen molar-refractivity contribution in [3.8, 4) is 0 Å². The van der Waals surface area contributed by atoms with Crippen molar-refractivity contribution in [2.24, 2.45) is 5.92 Å². The van der Waals surface area contributed by atoms with Crippen molar-refractivity contribution >= 4 is 11.8 Å². The number of likely N-dealkylation sites (tertiary alicyclic amines) is 1. The van der Waals surface area contributed by atoms with E-state index in [0.717, 1.165) is 44.2 Å². The molecule has 0 bridgehead atoms. The van der Waals surface area contributed by atoms with Crippen molar-refractivity contribution in [2.45, 2.75) is 76.4 Å². The predicted octanol–water partition coefficient (Wildman–Crippen LogP) is 3.60. The van der Waals surface area contributed by atoms with Crippen LogP contribution in [-0.4, -0.2) is 47.4 Å². The number of nitrogens with one attached hydrogen (secondary N) is 2. The number of rotatable bonds is 8. The maximum atomic E-state index is 13.8. The summed E-state index contributed by atoms with van der Waals surface area (Å²) in [6.07, 6.45) is 9.51. The van der Waals surface area contributed by atoms with Crippen LogP contribution in [0.2, 0.25) is 0 Å². The van der Waals surface area contributed by atoms with Gasteiger partial charge in [0.05, 0.1) is 11.7 Å². The van der Waals surface area contributed by atoms with Crippen LogP contribution in [0.25, 0.3) is 0 Å². The number of hydrogen-bond acceptors (Lipinski definition) is 5. The monoisotopic (exact) mass is 452 g/mol. The highest BCUT2D eigenvalue weighted by Gasteiger charge is 2.40. The number of benzene rings is 1. The van der Waals surface area contributed by atoms with Crippen LogP contribution in [-0.2, 0) is 16.0 Å². The van der Waals surface area contributed by atoms with Gasteiger partial charge in [-0.15, -0.1) is 0 Å². The third-order valence-electron chi connectivity index (χ3n) is 7.13. The molecular formula is C26H36N4O3. The van der Waals surface area contributed by atoms with Crippen LogP contribution in [0.5, 0.6) is 0 Å². The van der Waals surface area contributed by atoms with Crippen LogP contribution in [0.4, 0.5) is 0 Å². The Kier molecular flexibility index (Phi) is 7.81. The van der Waals surface area contributed by atoms with Crippen LogP contribution >= 0.6 is 0 Å². The molecule has 0 unspecified atom stereocenters. The Bertz CT molecular complexity index is 923. The summed E-state index contributed by atoms with van der Waals surface area (Å²) < 4.78 is 5.86. The molecule has 2 aromatic rings. The Morgan fingerprint density at radius 1 is 1.12 bits per heavy atom. The Hall–Kier alpha value is -2.67. The molecule has 1 aliphatic heterocycles. The van der Waals surface area contributed by atoms with E-state index in [-0.39, 0.29) is 29.8 Å². The molecular weight excluding hydrogens is 416 g/mol. The lowest BCUT2D eigenvalue weighted by Gasteiger charge is -2.34. The van der Waals surface area contributed by atoms with Gasteiger partial charge in [0, 0.05) is 13.0 Å². The summed E-state index contributed by atoms with van der Waals surface area (Å²) in [4.78, 5) is 33.1. The lowest BCUT2D eigenvalue weighted by molar-refractivity contribution is -0.140. The maximum Gasteiger partial charge on any atom is 0.246 e. The molecule has 0 radical (unpaired) electrons. The third-order valence-corrected chi connectivity index (χ3v) is 7.13. The fraction of sp³-hybridized carbons (Fsp3) is 0.577. The van der Waals surface area contributed by atoms with Gasteiger partial charge < -0.3 is 20.0 Å². The smallest absolute Gasteiger partial charge is 0.246 e. The van der Waals surface area contributed by atoms with Crippen molar-refractivity contribution in [1.82, 2.24) is 20.5 Å².